The molecule has 0 saturated heterocycles. The van der Waals surface area contributed by atoms with Crippen LogP contribution >= 0.6 is 12.9 Å². The molecule has 0 rings (SSSR count). The maximum atomic E-state index is 10.5. The van der Waals surface area contributed by atoms with Crippen molar-refractivity contribution in [1.82, 2.24) is 0 Å². The molecule has 0 aliphatic carbocycles. The normalized spacial score (nSPS) is 8.57. The van der Waals surface area contributed by atoms with Gasteiger partial charge in [-0.05, 0) is 5.92 Å². The summed E-state index contributed by atoms with van der Waals surface area (Å²) in [4.78, 5) is 10.5. The van der Waals surface area contributed by atoms with Crippen LogP contribution in [0, 0.1) is 5.92 Å². The third-order valence-electron chi connectivity index (χ3n) is 0.776. The number of carbonyl (C=O) groups is 1. The molecule has 0 bridgehead atoms. The molecule has 0 N–H and O–H groups in total. The quantitative estimate of drug-likeness (QED) is 0.576. The Morgan fingerprint density at radius 3 is 2.14 bits per heavy atom. The number of hydrogen-bond donors (Lipinski definition) is 0. The van der Waals surface area contributed by atoms with Crippen LogP contribution < -0.4 is 0 Å². The van der Waals surface area contributed by atoms with E-state index in [9.17, 15) is 4.79 Å². The van der Waals surface area contributed by atoms with Crippen molar-refractivity contribution in [2.24, 2.45) is 5.92 Å². The van der Waals surface area contributed by atoms with Gasteiger partial charge in [0.1, 0.15) is 0 Å². The Morgan fingerprint density at radius 1 is 1.71 bits per heavy atom. The lowest BCUT2D eigenvalue weighted by Crippen LogP contribution is -2.09. The Labute approximate surface area is 59.4 Å². The van der Waals surface area contributed by atoms with E-state index in [0.29, 0.717) is 3.91 Å². The summed E-state index contributed by atoms with van der Waals surface area (Å²) in [5.41, 5.74) is 0. The van der Waals surface area contributed by atoms with Gasteiger partial charge < -0.3 is 4.79 Å². The molecule has 3 heteroatoms. The molecule has 0 aliphatic heterocycles. The molecule has 0 atom stereocenters. The van der Waals surface area contributed by atoms with Crippen LogP contribution in [-0.2, 0) is 4.79 Å². The largest absolute Gasteiger partial charge is 0.564 e. The van der Waals surface area contributed by atoms with E-state index in [1.165, 1.54) is 0 Å². The minimum atomic E-state index is -0.535. The molecule has 0 aromatic rings. The summed E-state index contributed by atoms with van der Waals surface area (Å²) in [6.07, 6.45) is 0. The van der Waals surface area contributed by atoms with Crippen LogP contribution in [0.15, 0.2) is 0 Å². The van der Waals surface area contributed by atoms with Crippen molar-refractivity contribution in [2.45, 2.75) is 13.8 Å². The highest BCUT2D eigenvalue weighted by molar-refractivity contribution is 9.24. The van der Waals surface area contributed by atoms with Crippen LogP contribution in [0.4, 0.5) is 0 Å². The van der Waals surface area contributed by atoms with Crippen molar-refractivity contribution in [3.8, 4) is 0 Å². The first-order chi connectivity index (χ1) is 3.18. The minimum Gasteiger partial charge on any atom is -0.334 e. The van der Waals surface area contributed by atoms with Crippen LogP contribution in [-0.4, -0.2) is 22.1 Å². The van der Waals surface area contributed by atoms with Crippen LogP contribution in [0.25, 0.3) is 0 Å². The molecule has 0 radical (unpaired) electrons. The van der Waals surface area contributed by atoms with Gasteiger partial charge in [0.05, 0.1) is 0 Å². The van der Waals surface area contributed by atoms with E-state index in [2.05, 4.69) is 12.9 Å². The summed E-state index contributed by atoms with van der Waals surface area (Å²) in [7, 11) is 0. The molecule has 1 nitrogen and oxygen atoms in total. The van der Waals surface area contributed by atoms with Crippen molar-refractivity contribution < 1.29 is 4.79 Å². The molecule has 0 aromatic carbocycles. The van der Waals surface area contributed by atoms with Gasteiger partial charge in [0, 0.05) is 3.91 Å². The maximum Gasteiger partial charge on any atom is 0.564 e. The Morgan fingerprint density at radius 2 is 2.14 bits per heavy atom. The van der Waals surface area contributed by atoms with Crippen LogP contribution in [0.5, 0.6) is 0 Å². The molecule has 0 saturated carbocycles. The van der Waals surface area contributed by atoms with Gasteiger partial charge in [-0.3, -0.25) is 12.9 Å². The standard InChI is InChI=1S/C4H7O.BrH.Mg/c1-4(2)3-5;;/h4H,1-2H3;1H;/q;;+1/p-1. The fourth-order valence-corrected chi connectivity index (χ4v) is 2.41. The molecular weight excluding hydrogens is 168 g/mol. The predicted octanol–water partition coefficient (Wildman–Crippen LogP) is 1.18. The first-order valence-corrected chi connectivity index (χ1v) is 6.87. The zero-order valence-electron chi connectivity index (χ0n) is 4.57. The molecule has 0 amide bonds. The monoisotopic (exact) mass is 174 g/mol. The molecule has 7 heavy (non-hydrogen) atoms. The van der Waals surface area contributed by atoms with E-state index in [0.717, 1.165) is 0 Å². The van der Waals surface area contributed by atoms with E-state index in [1.54, 1.807) is 0 Å². The second-order valence-electron chi connectivity index (χ2n) is 1.75. The van der Waals surface area contributed by atoms with Crippen LogP contribution in [0.3, 0.4) is 0 Å². The molecule has 0 heterocycles. The first kappa shape index (κ1) is 7.92. The molecular formula is C4H7BrMgO. The van der Waals surface area contributed by atoms with Gasteiger partial charge in [0.15, 0.2) is 0 Å². The highest BCUT2D eigenvalue weighted by Gasteiger charge is 2.06. The highest BCUT2D eigenvalue weighted by Crippen LogP contribution is 1.93. The van der Waals surface area contributed by atoms with Gasteiger partial charge in [-0.25, -0.2) is 0 Å². The lowest BCUT2D eigenvalue weighted by Gasteiger charge is -1.95. The molecule has 0 spiro atoms. The fourth-order valence-electron chi connectivity index (χ4n) is 0.154. The number of halogens is 1. The highest BCUT2D eigenvalue weighted by atomic mass is 79.9. The average Bonchev–Trinajstić information content (AvgIpc) is 1.65. The van der Waals surface area contributed by atoms with E-state index >= 15 is 0 Å². The zero-order chi connectivity index (χ0) is 5.86. The van der Waals surface area contributed by atoms with Crippen molar-refractivity contribution in [1.29, 1.82) is 0 Å². The van der Waals surface area contributed by atoms with Crippen molar-refractivity contribution >= 4 is 35.0 Å². The minimum absolute atomic E-state index is 0.242. The third-order valence-corrected chi connectivity index (χ3v) is 3.51. The lowest BCUT2D eigenvalue weighted by molar-refractivity contribution is -0.114. The molecule has 0 fully saturated rings. The summed E-state index contributed by atoms with van der Waals surface area (Å²) >= 11 is 2.67. The Kier molecular flexibility index (Phi) is 4.37. The van der Waals surface area contributed by atoms with Gasteiger partial charge in [0.2, 0.25) is 0 Å². The summed E-state index contributed by atoms with van der Waals surface area (Å²) < 4.78 is 0.403. The lowest BCUT2D eigenvalue weighted by atomic mass is 10.3. The second-order valence-corrected chi connectivity index (χ2v) is 4.40. The number of hydrogen-bond acceptors (Lipinski definition) is 1. The maximum absolute atomic E-state index is 10.5. The smallest absolute Gasteiger partial charge is 0.334 e. The number of carbonyl (C=O) groups excluding carboxylic acids is 1. The van der Waals surface area contributed by atoms with E-state index < -0.39 is 18.2 Å². The van der Waals surface area contributed by atoms with Gasteiger partial charge >= 0.3 is 18.2 Å². The van der Waals surface area contributed by atoms with E-state index in [-0.39, 0.29) is 5.92 Å². The average molecular weight is 175 g/mol. The Balaban J connectivity index is 3.35. The first-order valence-electron chi connectivity index (χ1n) is 2.27. The summed E-state index contributed by atoms with van der Waals surface area (Å²) in [5, 5.41) is 0. The predicted molar refractivity (Wildman–Crippen MR) is 34.5 cm³/mol. The summed E-state index contributed by atoms with van der Waals surface area (Å²) in [6, 6.07) is 0. The van der Waals surface area contributed by atoms with Crippen LogP contribution in [0.2, 0.25) is 0 Å². The Hall–Kier alpha value is 0.916. The van der Waals surface area contributed by atoms with Gasteiger partial charge in [-0.2, -0.15) is 0 Å². The summed E-state index contributed by atoms with van der Waals surface area (Å²) in [5.74, 6) is 0.242. The fraction of sp³-hybridized carbons (Fsp3) is 0.750. The zero-order valence-corrected chi connectivity index (χ0v) is 7.57. The van der Waals surface area contributed by atoms with Crippen molar-refractivity contribution in [2.75, 3.05) is 0 Å². The topological polar surface area (TPSA) is 17.1 Å². The molecule has 0 aromatic heterocycles. The third kappa shape index (κ3) is 3.49. The number of rotatable bonds is 2. The molecule has 0 aliphatic rings. The molecule has 38 valence electrons. The SMILES string of the molecule is CC(C)[C](=O)[Mg][Br]. The van der Waals surface area contributed by atoms with Gasteiger partial charge in [0.25, 0.3) is 0 Å². The van der Waals surface area contributed by atoms with Crippen molar-refractivity contribution in [3.05, 3.63) is 0 Å². The Bertz CT molecular complexity index is 72.1. The van der Waals surface area contributed by atoms with Crippen molar-refractivity contribution in [3.63, 3.8) is 0 Å². The summed E-state index contributed by atoms with van der Waals surface area (Å²) in [6.45, 7) is 3.85. The van der Waals surface area contributed by atoms with E-state index in [4.69, 9.17) is 0 Å². The second kappa shape index (κ2) is 3.86. The van der Waals surface area contributed by atoms with Gasteiger partial charge in [-0.15, -0.1) is 0 Å². The van der Waals surface area contributed by atoms with E-state index in [1.807, 2.05) is 13.8 Å². The van der Waals surface area contributed by atoms with Crippen LogP contribution in [0.1, 0.15) is 13.8 Å². The molecule has 0 unspecified atom stereocenters. The van der Waals surface area contributed by atoms with Gasteiger partial charge in [-0.1, -0.05) is 13.8 Å².